The average molecular weight is 365 g/mol. The van der Waals surface area contributed by atoms with Gasteiger partial charge < -0.3 is 9.47 Å². The van der Waals surface area contributed by atoms with Crippen molar-refractivity contribution in [3.63, 3.8) is 0 Å². The van der Waals surface area contributed by atoms with Crippen molar-refractivity contribution < 1.29 is 24.0 Å². The van der Waals surface area contributed by atoms with E-state index < -0.39 is 23.4 Å². The number of aryl methyl sites for hydroxylation is 1. The van der Waals surface area contributed by atoms with E-state index in [1.54, 1.807) is 19.2 Å². The summed E-state index contributed by atoms with van der Waals surface area (Å²) in [6, 6.07) is 3.70. The third-order valence-corrected chi connectivity index (χ3v) is 3.77. The van der Waals surface area contributed by atoms with Gasteiger partial charge >= 0.3 is 11.7 Å². The van der Waals surface area contributed by atoms with Gasteiger partial charge in [-0.2, -0.15) is 0 Å². The van der Waals surface area contributed by atoms with Crippen LogP contribution in [0.2, 0.25) is 0 Å². The number of nitrogens with zero attached hydrogens (tertiary/aromatic N) is 2. The molecule has 0 aliphatic carbocycles. The zero-order valence-corrected chi connectivity index (χ0v) is 14.3. The second-order valence-corrected chi connectivity index (χ2v) is 5.65. The molecule has 1 amide bonds. The smallest absolute Gasteiger partial charge is 0.338 e. The Morgan fingerprint density at radius 3 is 2.76 bits per heavy atom. The normalized spacial score (nSPS) is 10.2. The van der Waals surface area contributed by atoms with Crippen molar-refractivity contribution in [1.82, 2.24) is 4.98 Å². The summed E-state index contributed by atoms with van der Waals surface area (Å²) in [5.74, 6) is -1.35. The quantitative estimate of drug-likeness (QED) is 0.455. The number of nitro benzene ring substituents is 1. The Labute approximate surface area is 146 Å². The van der Waals surface area contributed by atoms with Crippen LogP contribution in [-0.2, 0) is 9.53 Å². The summed E-state index contributed by atoms with van der Waals surface area (Å²) in [6.07, 6.45) is 0. The fraction of sp³-hybridized carbons (Fsp3) is 0.267. The maximum atomic E-state index is 12.0. The van der Waals surface area contributed by atoms with Crippen LogP contribution < -0.4 is 10.1 Å². The molecule has 0 spiro atoms. The van der Waals surface area contributed by atoms with Crippen LogP contribution in [0.3, 0.4) is 0 Å². The van der Waals surface area contributed by atoms with Crippen molar-refractivity contribution >= 4 is 34.0 Å². The van der Waals surface area contributed by atoms with Gasteiger partial charge in [0.15, 0.2) is 17.5 Å². The first-order chi connectivity index (χ1) is 11.9. The molecule has 9 nitrogen and oxygen atoms in total. The molecule has 0 saturated heterocycles. The van der Waals surface area contributed by atoms with Crippen molar-refractivity contribution in [2.75, 3.05) is 18.5 Å². The molecule has 0 bridgehead atoms. The summed E-state index contributed by atoms with van der Waals surface area (Å²) in [6.45, 7) is 3.19. The molecule has 1 aromatic carbocycles. The van der Waals surface area contributed by atoms with Gasteiger partial charge in [0.2, 0.25) is 0 Å². The van der Waals surface area contributed by atoms with Crippen molar-refractivity contribution in [3.8, 4) is 5.75 Å². The minimum absolute atomic E-state index is 0.0481. The number of anilines is 1. The van der Waals surface area contributed by atoms with Gasteiger partial charge in [-0.15, -0.1) is 11.3 Å². The maximum absolute atomic E-state index is 12.0. The Balaban J connectivity index is 1.99. The molecule has 0 radical (unpaired) electrons. The van der Waals surface area contributed by atoms with Crippen LogP contribution in [-0.4, -0.2) is 35.0 Å². The highest BCUT2D eigenvalue weighted by Crippen LogP contribution is 2.28. The molecule has 1 N–H and O–H groups in total. The Morgan fingerprint density at radius 1 is 1.40 bits per heavy atom. The van der Waals surface area contributed by atoms with E-state index in [1.807, 2.05) is 0 Å². The van der Waals surface area contributed by atoms with Gasteiger partial charge in [0.05, 0.1) is 22.8 Å². The third kappa shape index (κ3) is 4.98. The minimum atomic E-state index is -0.850. The predicted octanol–water partition coefficient (Wildman–Crippen LogP) is 2.55. The zero-order chi connectivity index (χ0) is 18.4. The molecular weight excluding hydrogens is 350 g/mol. The van der Waals surface area contributed by atoms with Crippen molar-refractivity contribution in [2.45, 2.75) is 13.8 Å². The molecule has 0 aliphatic rings. The van der Waals surface area contributed by atoms with E-state index in [9.17, 15) is 19.7 Å². The first-order valence-corrected chi connectivity index (χ1v) is 8.09. The number of nitro groups is 1. The van der Waals surface area contributed by atoms with Crippen molar-refractivity contribution in [2.24, 2.45) is 0 Å². The number of aromatic nitrogens is 1. The molecule has 25 heavy (non-hydrogen) atoms. The van der Waals surface area contributed by atoms with E-state index in [0.717, 1.165) is 11.8 Å². The lowest BCUT2D eigenvalue weighted by molar-refractivity contribution is -0.385. The first kappa shape index (κ1) is 18.3. The molecular formula is C15H15N3O6S. The highest BCUT2D eigenvalue weighted by atomic mass is 32.1. The van der Waals surface area contributed by atoms with E-state index >= 15 is 0 Å². The van der Waals surface area contributed by atoms with Crippen LogP contribution in [0.5, 0.6) is 5.75 Å². The summed E-state index contributed by atoms with van der Waals surface area (Å²) in [7, 11) is 0. The lowest BCUT2D eigenvalue weighted by Crippen LogP contribution is -2.21. The van der Waals surface area contributed by atoms with Gasteiger partial charge in [0, 0.05) is 11.4 Å². The highest BCUT2D eigenvalue weighted by Gasteiger charge is 2.20. The number of amides is 1. The summed E-state index contributed by atoms with van der Waals surface area (Å²) in [4.78, 5) is 38.1. The van der Waals surface area contributed by atoms with E-state index in [-0.39, 0.29) is 23.6 Å². The number of rotatable bonds is 7. The van der Waals surface area contributed by atoms with Crippen LogP contribution in [0.1, 0.15) is 23.0 Å². The largest absolute Gasteiger partial charge is 0.487 e. The molecule has 0 atom stereocenters. The molecule has 0 unspecified atom stereocenters. The second-order valence-electron chi connectivity index (χ2n) is 4.79. The monoisotopic (exact) mass is 365 g/mol. The third-order valence-electron chi connectivity index (χ3n) is 2.89. The first-order valence-electron chi connectivity index (χ1n) is 7.21. The number of carbonyl (C=O) groups is 2. The number of thiazole rings is 1. The van der Waals surface area contributed by atoms with E-state index in [1.165, 1.54) is 23.5 Å². The fourth-order valence-electron chi connectivity index (χ4n) is 1.85. The highest BCUT2D eigenvalue weighted by molar-refractivity contribution is 7.13. The van der Waals surface area contributed by atoms with Crippen LogP contribution in [0, 0.1) is 17.0 Å². The second kappa shape index (κ2) is 8.20. The summed E-state index contributed by atoms with van der Waals surface area (Å²) < 4.78 is 10.0. The molecule has 0 saturated carbocycles. The topological polar surface area (TPSA) is 121 Å². The van der Waals surface area contributed by atoms with Crippen LogP contribution in [0.15, 0.2) is 23.6 Å². The molecule has 1 heterocycles. The fourth-order valence-corrected chi connectivity index (χ4v) is 2.55. The zero-order valence-electron chi connectivity index (χ0n) is 13.5. The predicted molar refractivity (Wildman–Crippen MR) is 90.0 cm³/mol. The molecule has 0 aliphatic heterocycles. The Bertz CT molecular complexity index is 804. The summed E-state index contributed by atoms with van der Waals surface area (Å²) in [5.41, 5.74) is 0.367. The van der Waals surface area contributed by atoms with Gasteiger partial charge in [0.1, 0.15) is 0 Å². The number of carbonyl (C=O) groups excluding carboxylic acids is 2. The standard InChI is InChI=1S/C15H15N3O6S/c1-3-23-12-5-4-10(6-11(12)18(21)22)14(20)24-7-13(19)17-15-16-9(2)8-25-15/h4-6,8H,3,7H2,1-2H3,(H,16,17,19). The maximum Gasteiger partial charge on any atom is 0.338 e. The molecule has 0 fully saturated rings. The van der Waals surface area contributed by atoms with Crippen LogP contribution in [0.4, 0.5) is 10.8 Å². The number of ether oxygens (including phenoxy) is 2. The minimum Gasteiger partial charge on any atom is -0.487 e. The Hall–Kier alpha value is -3.01. The summed E-state index contributed by atoms with van der Waals surface area (Å²) >= 11 is 1.25. The van der Waals surface area contributed by atoms with Crippen LogP contribution >= 0.6 is 11.3 Å². The number of esters is 1. The lowest BCUT2D eigenvalue weighted by atomic mass is 10.2. The number of hydrogen-bond acceptors (Lipinski definition) is 8. The molecule has 132 valence electrons. The summed E-state index contributed by atoms with van der Waals surface area (Å²) in [5, 5.41) is 15.7. The molecule has 1 aromatic heterocycles. The lowest BCUT2D eigenvalue weighted by Gasteiger charge is -2.07. The Morgan fingerprint density at radius 2 is 2.16 bits per heavy atom. The van der Waals surface area contributed by atoms with E-state index in [0.29, 0.717) is 5.13 Å². The number of benzene rings is 1. The van der Waals surface area contributed by atoms with Crippen molar-refractivity contribution in [1.29, 1.82) is 0 Å². The van der Waals surface area contributed by atoms with Gasteiger partial charge in [0.25, 0.3) is 5.91 Å². The van der Waals surface area contributed by atoms with Crippen LogP contribution in [0.25, 0.3) is 0 Å². The van der Waals surface area contributed by atoms with Gasteiger partial charge in [-0.3, -0.25) is 20.2 Å². The van der Waals surface area contributed by atoms with Gasteiger partial charge in [-0.05, 0) is 26.0 Å². The Kier molecular flexibility index (Phi) is 6.01. The van der Waals surface area contributed by atoms with E-state index in [4.69, 9.17) is 9.47 Å². The van der Waals surface area contributed by atoms with Gasteiger partial charge in [-0.1, -0.05) is 0 Å². The average Bonchev–Trinajstić information content (AvgIpc) is 2.98. The number of hydrogen-bond donors (Lipinski definition) is 1. The molecule has 2 aromatic rings. The molecule has 10 heteroatoms. The molecule has 2 rings (SSSR count). The number of nitrogens with one attached hydrogen (secondary N) is 1. The van der Waals surface area contributed by atoms with E-state index in [2.05, 4.69) is 10.3 Å². The SMILES string of the molecule is CCOc1ccc(C(=O)OCC(=O)Nc2nc(C)cs2)cc1[N+](=O)[O-]. The van der Waals surface area contributed by atoms with Gasteiger partial charge in [-0.25, -0.2) is 9.78 Å². The van der Waals surface area contributed by atoms with Crippen molar-refractivity contribution in [3.05, 3.63) is 45.0 Å².